The molecule has 1 aliphatic heterocycles. The number of hydrogen-bond donors (Lipinski definition) is 0. The van der Waals surface area contributed by atoms with Crippen molar-refractivity contribution in [1.29, 1.82) is 0 Å². The lowest BCUT2D eigenvalue weighted by molar-refractivity contribution is -0.120. The Labute approximate surface area is 196 Å². The Balaban J connectivity index is 1.64. The molecular weight excluding hydrogens is 468 g/mol. The van der Waals surface area contributed by atoms with Crippen LogP contribution in [0.5, 0.6) is 0 Å². The highest BCUT2D eigenvalue weighted by Gasteiger charge is 2.48. The second-order valence-electron chi connectivity index (χ2n) is 10.8. The summed E-state index contributed by atoms with van der Waals surface area (Å²) < 4.78 is 13.6. The number of rotatable bonds is 2. The number of furan rings is 1. The van der Waals surface area contributed by atoms with Crippen LogP contribution < -0.4 is 0 Å². The van der Waals surface area contributed by atoms with Crippen LogP contribution in [-0.4, -0.2) is 11.6 Å². The van der Waals surface area contributed by atoms with Gasteiger partial charge in [0, 0.05) is 46.9 Å². The Bertz CT molecular complexity index is 1140. The van der Waals surface area contributed by atoms with E-state index in [1.807, 2.05) is 36.4 Å². The number of allylic oxidation sites excluding steroid dienone is 4. The molecule has 5 rings (SSSR count). The first-order valence-electron chi connectivity index (χ1n) is 11.1. The van der Waals surface area contributed by atoms with Crippen LogP contribution in [0.15, 0.2) is 68.0 Å². The van der Waals surface area contributed by atoms with Crippen LogP contribution >= 0.6 is 15.9 Å². The Morgan fingerprint density at radius 3 is 1.84 bits per heavy atom. The first-order chi connectivity index (χ1) is 15.0. The monoisotopic (exact) mass is 494 g/mol. The zero-order chi connectivity index (χ0) is 22.8. The third kappa shape index (κ3) is 3.71. The molecule has 32 heavy (non-hydrogen) atoms. The van der Waals surface area contributed by atoms with Crippen molar-refractivity contribution in [3.8, 4) is 11.3 Å². The summed E-state index contributed by atoms with van der Waals surface area (Å²) >= 11 is 3.46. The van der Waals surface area contributed by atoms with Gasteiger partial charge in [-0.15, -0.1) is 0 Å². The lowest BCUT2D eigenvalue weighted by atomic mass is 9.66. The highest BCUT2D eigenvalue weighted by molar-refractivity contribution is 9.10. The van der Waals surface area contributed by atoms with Gasteiger partial charge < -0.3 is 9.15 Å². The Kier molecular flexibility index (Phi) is 4.90. The minimum atomic E-state index is -0.495. The molecular formula is C27H27BrO4. The van der Waals surface area contributed by atoms with Crippen molar-refractivity contribution in [1.82, 2.24) is 0 Å². The molecule has 0 radical (unpaired) electrons. The Morgan fingerprint density at radius 2 is 1.31 bits per heavy atom. The highest BCUT2D eigenvalue weighted by Crippen LogP contribution is 2.53. The van der Waals surface area contributed by atoms with Crippen molar-refractivity contribution < 1.29 is 18.7 Å². The lowest BCUT2D eigenvalue weighted by Gasteiger charge is -2.42. The van der Waals surface area contributed by atoms with Crippen LogP contribution in [-0.2, 0) is 14.3 Å². The number of ketones is 2. The van der Waals surface area contributed by atoms with Gasteiger partial charge in [0.2, 0.25) is 0 Å². The predicted molar refractivity (Wildman–Crippen MR) is 126 cm³/mol. The van der Waals surface area contributed by atoms with Crippen LogP contribution in [0, 0.1) is 10.8 Å². The fraction of sp³-hybridized carbons (Fsp3) is 0.407. The molecule has 166 valence electrons. The van der Waals surface area contributed by atoms with Crippen molar-refractivity contribution in [2.75, 3.05) is 0 Å². The second kappa shape index (κ2) is 7.31. The molecule has 2 aromatic rings. The highest BCUT2D eigenvalue weighted by atomic mass is 79.9. The summed E-state index contributed by atoms with van der Waals surface area (Å²) in [6, 6.07) is 11.7. The number of hydrogen-bond acceptors (Lipinski definition) is 4. The van der Waals surface area contributed by atoms with E-state index in [0.29, 0.717) is 54.1 Å². The molecule has 0 amide bonds. The molecule has 1 aromatic heterocycles. The fourth-order valence-electron chi connectivity index (χ4n) is 5.24. The average Bonchev–Trinajstić information content (AvgIpc) is 3.14. The summed E-state index contributed by atoms with van der Waals surface area (Å²) in [4.78, 5) is 26.7. The third-order valence-electron chi connectivity index (χ3n) is 6.62. The molecule has 3 aliphatic rings. The van der Waals surface area contributed by atoms with Gasteiger partial charge in [0.05, 0.1) is 5.92 Å². The van der Waals surface area contributed by atoms with Crippen molar-refractivity contribution in [2.45, 2.75) is 59.3 Å². The number of Topliss-reactive ketones (excluding diaryl/α,β-unsaturated/α-hetero) is 2. The second-order valence-corrected chi connectivity index (χ2v) is 11.7. The van der Waals surface area contributed by atoms with Crippen molar-refractivity contribution in [2.24, 2.45) is 10.8 Å². The SMILES string of the molecule is CC1(C)CC(=O)C2=C(C1)OC1=C(C(=O)CC(C)(C)C1)C2c1ccc(-c2ccc(Br)cc2)o1. The van der Waals surface area contributed by atoms with E-state index in [-0.39, 0.29) is 22.4 Å². The molecule has 0 saturated heterocycles. The topological polar surface area (TPSA) is 56.5 Å². The molecule has 0 atom stereocenters. The summed E-state index contributed by atoms with van der Waals surface area (Å²) in [7, 11) is 0. The lowest BCUT2D eigenvalue weighted by Crippen LogP contribution is -2.37. The molecule has 0 saturated carbocycles. The smallest absolute Gasteiger partial charge is 0.163 e. The number of halogens is 1. The summed E-state index contributed by atoms with van der Waals surface area (Å²) in [6.45, 7) is 8.35. The zero-order valence-electron chi connectivity index (χ0n) is 18.9. The van der Waals surface area contributed by atoms with Crippen LogP contribution in [0.25, 0.3) is 11.3 Å². The number of carbonyl (C=O) groups excluding carboxylic acids is 2. The molecule has 4 nitrogen and oxygen atoms in total. The van der Waals surface area contributed by atoms with Gasteiger partial charge in [0.15, 0.2) is 11.6 Å². The summed E-state index contributed by atoms with van der Waals surface area (Å²) in [5.41, 5.74) is 1.82. The van der Waals surface area contributed by atoms with Crippen LogP contribution in [0.1, 0.15) is 65.1 Å². The molecule has 5 heteroatoms. The maximum absolute atomic E-state index is 13.3. The molecule has 1 aromatic carbocycles. The first kappa shape index (κ1) is 21.4. The normalized spacial score (nSPS) is 22.5. The fourth-order valence-corrected chi connectivity index (χ4v) is 5.50. The summed E-state index contributed by atoms with van der Waals surface area (Å²) in [5.74, 6) is 2.37. The van der Waals surface area contributed by atoms with Gasteiger partial charge in [0.1, 0.15) is 23.0 Å². The summed E-state index contributed by atoms with van der Waals surface area (Å²) in [5, 5.41) is 0. The molecule has 0 N–H and O–H groups in total. The van der Waals surface area contributed by atoms with Crippen molar-refractivity contribution in [3.05, 3.63) is 69.3 Å². The number of benzene rings is 1. The zero-order valence-corrected chi connectivity index (χ0v) is 20.5. The van der Waals surface area contributed by atoms with E-state index in [1.54, 1.807) is 0 Å². The third-order valence-corrected chi connectivity index (χ3v) is 7.15. The predicted octanol–water partition coefficient (Wildman–Crippen LogP) is 7.11. The van der Waals surface area contributed by atoms with Gasteiger partial charge in [-0.2, -0.15) is 0 Å². The van der Waals surface area contributed by atoms with E-state index >= 15 is 0 Å². The van der Waals surface area contributed by atoms with E-state index in [4.69, 9.17) is 9.15 Å². The van der Waals surface area contributed by atoms with E-state index in [2.05, 4.69) is 43.6 Å². The molecule has 2 aliphatic carbocycles. The standard InChI is InChI=1S/C27H27BrO4/c1-26(2)11-17(29)23-21(13-26)32-22-14-27(3,4)12-18(30)24(22)25(23)20-10-9-19(31-20)15-5-7-16(28)8-6-15/h5-10,25H,11-14H2,1-4H3. The Morgan fingerprint density at radius 1 is 0.781 bits per heavy atom. The Hall–Kier alpha value is -2.40. The minimum Gasteiger partial charge on any atom is -0.465 e. The van der Waals surface area contributed by atoms with Crippen molar-refractivity contribution >= 4 is 27.5 Å². The largest absolute Gasteiger partial charge is 0.465 e. The number of carbonyl (C=O) groups is 2. The van der Waals surface area contributed by atoms with E-state index in [0.717, 1.165) is 15.8 Å². The average molecular weight is 495 g/mol. The maximum atomic E-state index is 13.3. The van der Waals surface area contributed by atoms with Gasteiger partial charge in [0.25, 0.3) is 0 Å². The number of ether oxygens (including phenoxy) is 1. The van der Waals surface area contributed by atoms with Gasteiger partial charge >= 0.3 is 0 Å². The molecule has 0 fully saturated rings. The van der Waals surface area contributed by atoms with Crippen LogP contribution in [0.4, 0.5) is 0 Å². The van der Waals surface area contributed by atoms with Gasteiger partial charge in [-0.05, 0) is 35.1 Å². The molecule has 0 bridgehead atoms. The van der Waals surface area contributed by atoms with Crippen LogP contribution in [0.3, 0.4) is 0 Å². The molecule has 0 spiro atoms. The van der Waals surface area contributed by atoms with E-state index in [9.17, 15) is 9.59 Å². The minimum absolute atomic E-state index is 0.0482. The quantitative estimate of drug-likeness (QED) is 0.446. The van der Waals surface area contributed by atoms with Crippen LogP contribution in [0.2, 0.25) is 0 Å². The van der Waals surface area contributed by atoms with Gasteiger partial charge in [-0.1, -0.05) is 55.8 Å². The van der Waals surface area contributed by atoms with Gasteiger partial charge in [-0.3, -0.25) is 9.59 Å². The van der Waals surface area contributed by atoms with E-state index < -0.39 is 5.92 Å². The molecule has 2 heterocycles. The maximum Gasteiger partial charge on any atom is 0.163 e. The first-order valence-corrected chi connectivity index (χ1v) is 11.9. The molecule has 0 unspecified atom stereocenters. The van der Waals surface area contributed by atoms with E-state index in [1.165, 1.54) is 0 Å². The summed E-state index contributed by atoms with van der Waals surface area (Å²) in [6.07, 6.45) is 2.23. The van der Waals surface area contributed by atoms with Crippen molar-refractivity contribution in [3.63, 3.8) is 0 Å². The van der Waals surface area contributed by atoms with Gasteiger partial charge in [-0.25, -0.2) is 0 Å².